The Kier molecular flexibility index (Phi) is 3.15. The van der Waals surface area contributed by atoms with Crippen molar-refractivity contribution in [1.82, 2.24) is 19.6 Å². The van der Waals surface area contributed by atoms with E-state index in [2.05, 4.69) is 15.2 Å². The van der Waals surface area contributed by atoms with Crippen molar-refractivity contribution in [1.29, 1.82) is 0 Å². The number of nitrogens with zero attached hydrogens (tertiary/aromatic N) is 3. The van der Waals surface area contributed by atoms with E-state index >= 15 is 0 Å². The molecular formula is C13H12FN5O2. The lowest BCUT2D eigenvalue weighted by atomic mass is 10.2. The molecule has 0 saturated carbocycles. The average molecular weight is 289 g/mol. The third-order valence-electron chi connectivity index (χ3n) is 3.04. The summed E-state index contributed by atoms with van der Waals surface area (Å²) in [6.07, 6.45) is 0. The maximum atomic E-state index is 13.6. The van der Waals surface area contributed by atoms with Crippen LogP contribution < -0.4 is 16.2 Å². The smallest absolute Gasteiger partial charge is 0.349 e. The second-order valence-electron chi connectivity index (χ2n) is 4.39. The Bertz CT molecular complexity index is 871. The number of aromatic nitrogens is 4. The van der Waals surface area contributed by atoms with E-state index in [1.807, 2.05) is 0 Å². The molecule has 0 aliphatic carbocycles. The van der Waals surface area contributed by atoms with Crippen LogP contribution in [-0.4, -0.2) is 19.6 Å². The molecular weight excluding hydrogens is 277 g/mol. The number of aryl methyl sites for hydroxylation is 1. The summed E-state index contributed by atoms with van der Waals surface area (Å²) in [6, 6.07) is 5.91. The fourth-order valence-electron chi connectivity index (χ4n) is 2.07. The molecule has 0 spiro atoms. The monoisotopic (exact) mass is 289 g/mol. The van der Waals surface area contributed by atoms with Gasteiger partial charge in [0.25, 0.3) is 0 Å². The summed E-state index contributed by atoms with van der Waals surface area (Å²) >= 11 is 0. The molecule has 0 bridgehead atoms. The number of hydrogen-bond donors (Lipinski definition) is 2. The summed E-state index contributed by atoms with van der Waals surface area (Å²) in [6.45, 7) is 1.65. The molecule has 0 atom stereocenters. The van der Waals surface area contributed by atoms with Crippen LogP contribution in [0.15, 0.2) is 29.1 Å². The lowest BCUT2D eigenvalue weighted by Crippen LogP contribution is -2.13. The first-order valence-electron chi connectivity index (χ1n) is 6.20. The van der Waals surface area contributed by atoms with E-state index in [1.54, 1.807) is 13.0 Å². The van der Waals surface area contributed by atoms with E-state index < -0.39 is 5.82 Å². The van der Waals surface area contributed by atoms with E-state index in [0.717, 1.165) is 0 Å². The fraction of sp³-hybridized carbons (Fsp3) is 0.154. The van der Waals surface area contributed by atoms with Crippen LogP contribution in [0.5, 0.6) is 11.6 Å². The molecule has 108 valence electrons. The molecule has 3 aromatic rings. The third-order valence-corrected chi connectivity index (χ3v) is 3.04. The van der Waals surface area contributed by atoms with Crippen LogP contribution in [0.3, 0.4) is 0 Å². The molecule has 1 aromatic carbocycles. The number of fused-ring (bicyclic) bond motifs is 1. The van der Waals surface area contributed by atoms with Crippen LogP contribution in [-0.2, 0) is 6.54 Å². The van der Waals surface area contributed by atoms with Gasteiger partial charge >= 0.3 is 5.69 Å². The summed E-state index contributed by atoms with van der Waals surface area (Å²) in [5.41, 5.74) is 5.78. The highest BCUT2D eigenvalue weighted by molar-refractivity contribution is 5.43. The highest BCUT2D eigenvalue weighted by Crippen LogP contribution is 2.26. The zero-order valence-electron chi connectivity index (χ0n) is 11.1. The second-order valence-corrected chi connectivity index (χ2v) is 4.39. The van der Waals surface area contributed by atoms with E-state index in [0.29, 0.717) is 11.5 Å². The quantitative estimate of drug-likeness (QED) is 0.752. The molecule has 0 unspecified atom stereocenters. The molecule has 0 aliphatic heterocycles. The number of hydrogen-bond acceptors (Lipinski definition) is 5. The largest absolute Gasteiger partial charge is 0.438 e. The molecule has 0 aliphatic rings. The SMILES string of the molecule is Cc1nc(Oc2cccc(F)c2CN)cc2n[nH]c(=O)n12. The molecule has 0 radical (unpaired) electrons. The molecule has 0 saturated heterocycles. The molecule has 3 N–H and O–H groups in total. The van der Waals surface area contributed by atoms with Crippen molar-refractivity contribution in [3.05, 3.63) is 52.0 Å². The number of H-pyrrole nitrogens is 1. The van der Waals surface area contributed by atoms with Crippen molar-refractivity contribution in [2.24, 2.45) is 5.73 Å². The maximum Gasteiger partial charge on any atom is 0.349 e. The second kappa shape index (κ2) is 4.98. The molecule has 2 heterocycles. The maximum absolute atomic E-state index is 13.6. The van der Waals surface area contributed by atoms with Gasteiger partial charge in [0.1, 0.15) is 17.4 Å². The number of halogens is 1. The van der Waals surface area contributed by atoms with Gasteiger partial charge in [0, 0.05) is 18.2 Å². The van der Waals surface area contributed by atoms with Crippen molar-refractivity contribution >= 4 is 5.65 Å². The van der Waals surface area contributed by atoms with E-state index in [4.69, 9.17) is 10.5 Å². The van der Waals surface area contributed by atoms with Gasteiger partial charge in [0.15, 0.2) is 5.65 Å². The summed E-state index contributed by atoms with van der Waals surface area (Å²) in [5, 5.41) is 6.17. The molecule has 8 heteroatoms. The number of nitrogens with two attached hydrogens (primary N) is 1. The first-order chi connectivity index (χ1) is 10.1. The predicted octanol–water partition coefficient (Wildman–Crippen LogP) is 1.12. The van der Waals surface area contributed by atoms with E-state index in [9.17, 15) is 9.18 Å². The van der Waals surface area contributed by atoms with Crippen LogP contribution in [0.2, 0.25) is 0 Å². The zero-order chi connectivity index (χ0) is 15.0. The fourth-order valence-corrected chi connectivity index (χ4v) is 2.07. The normalized spacial score (nSPS) is 11.0. The van der Waals surface area contributed by atoms with Crippen LogP contribution in [0.4, 0.5) is 4.39 Å². The van der Waals surface area contributed by atoms with Gasteiger partial charge in [-0.3, -0.25) is 0 Å². The van der Waals surface area contributed by atoms with Gasteiger partial charge in [0.2, 0.25) is 5.88 Å². The molecule has 2 aromatic heterocycles. The standard InChI is InChI=1S/C13H12FN5O2/c1-7-16-12(5-11-17-18-13(20)19(7)11)21-10-4-2-3-9(14)8(10)6-15/h2-5H,6,15H2,1H3,(H,18,20). The minimum absolute atomic E-state index is 0.00506. The molecule has 3 rings (SSSR count). The summed E-state index contributed by atoms with van der Waals surface area (Å²) in [7, 11) is 0. The van der Waals surface area contributed by atoms with Gasteiger partial charge in [-0.1, -0.05) is 6.07 Å². The summed E-state index contributed by atoms with van der Waals surface area (Å²) in [5.74, 6) is 0.460. The number of nitrogens with one attached hydrogen (secondary N) is 1. The topological polar surface area (TPSA) is 98.3 Å². The Morgan fingerprint density at radius 1 is 1.48 bits per heavy atom. The molecule has 0 amide bonds. The Hall–Kier alpha value is -2.74. The van der Waals surface area contributed by atoms with Crippen molar-refractivity contribution in [2.45, 2.75) is 13.5 Å². The van der Waals surface area contributed by atoms with Crippen molar-refractivity contribution in [2.75, 3.05) is 0 Å². The lowest BCUT2D eigenvalue weighted by molar-refractivity contribution is 0.447. The third kappa shape index (κ3) is 2.25. The van der Waals surface area contributed by atoms with Gasteiger partial charge < -0.3 is 10.5 Å². The van der Waals surface area contributed by atoms with Crippen LogP contribution >= 0.6 is 0 Å². The summed E-state index contributed by atoms with van der Waals surface area (Å²) < 4.78 is 20.5. The molecule has 21 heavy (non-hydrogen) atoms. The number of ether oxygens (including phenoxy) is 1. The molecule has 7 nitrogen and oxygen atoms in total. The number of rotatable bonds is 3. The Morgan fingerprint density at radius 2 is 2.29 bits per heavy atom. The van der Waals surface area contributed by atoms with Crippen molar-refractivity contribution < 1.29 is 9.13 Å². The van der Waals surface area contributed by atoms with Gasteiger partial charge in [-0.15, -0.1) is 0 Å². The van der Waals surface area contributed by atoms with Gasteiger partial charge in [0.05, 0.1) is 0 Å². The van der Waals surface area contributed by atoms with E-state index in [1.165, 1.54) is 22.6 Å². The number of aromatic amines is 1. The average Bonchev–Trinajstić information content (AvgIpc) is 2.81. The molecule has 0 fully saturated rings. The van der Waals surface area contributed by atoms with Gasteiger partial charge in [-0.25, -0.2) is 18.7 Å². The van der Waals surface area contributed by atoms with Crippen LogP contribution in [0.25, 0.3) is 5.65 Å². The number of benzene rings is 1. The van der Waals surface area contributed by atoms with Gasteiger partial charge in [-0.05, 0) is 19.1 Å². The first kappa shape index (κ1) is 13.3. The minimum atomic E-state index is -0.441. The Balaban J connectivity index is 2.06. The first-order valence-corrected chi connectivity index (χ1v) is 6.20. The lowest BCUT2D eigenvalue weighted by Gasteiger charge is -2.10. The Morgan fingerprint density at radius 3 is 3.05 bits per heavy atom. The summed E-state index contributed by atoms with van der Waals surface area (Å²) in [4.78, 5) is 15.7. The van der Waals surface area contributed by atoms with Gasteiger partial charge in [-0.2, -0.15) is 10.1 Å². The Labute approximate surface area is 118 Å². The highest BCUT2D eigenvalue weighted by atomic mass is 19.1. The van der Waals surface area contributed by atoms with E-state index in [-0.39, 0.29) is 29.4 Å². The van der Waals surface area contributed by atoms with Crippen LogP contribution in [0, 0.1) is 12.7 Å². The highest BCUT2D eigenvalue weighted by Gasteiger charge is 2.12. The minimum Gasteiger partial charge on any atom is -0.438 e. The predicted molar refractivity (Wildman–Crippen MR) is 72.7 cm³/mol. The van der Waals surface area contributed by atoms with Crippen molar-refractivity contribution in [3.8, 4) is 11.6 Å². The van der Waals surface area contributed by atoms with Crippen molar-refractivity contribution in [3.63, 3.8) is 0 Å². The zero-order valence-corrected chi connectivity index (χ0v) is 11.1. The van der Waals surface area contributed by atoms with Crippen LogP contribution in [0.1, 0.15) is 11.4 Å².